The van der Waals surface area contributed by atoms with Gasteiger partial charge in [-0.3, -0.25) is 9.59 Å². The molecular formula is C40H51F2N5O7. The number of halogens is 2. The van der Waals surface area contributed by atoms with Gasteiger partial charge in [-0.2, -0.15) is 8.78 Å². The van der Waals surface area contributed by atoms with E-state index in [4.69, 9.17) is 14.2 Å². The number of carbonyl (C=O) groups excluding carboxylic acids is 4. The third kappa shape index (κ3) is 9.43. The highest BCUT2D eigenvalue weighted by molar-refractivity contribution is 5.96. The van der Waals surface area contributed by atoms with Crippen molar-refractivity contribution in [2.45, 2.75) is 108 Å². The summed E-state index contributed by atoms with van der Waals surface area (Å²) in [7, 11) is 0. The van der Waals surface area contributed by atoms with Crippen molar-refractivity contribution < 1.29 is 42.2 Å². The summed E-state index contributed by atoms with van der Waals surface area (Å²) in [6.07, 6.45) is 9.17. The van der Waals surface area contributed by atoms with Crippen molar-refractivity contribution in [3.8, 4) is 5.88 Å². The van der Waals surface area contributed by atoms with Crippen molar-refractivity contribution in [1.82, 2.24) is 25.5 Å². The standard InChI is InChI=1S/C40H51F2N5O7/c1-6-9-21-38(4,5)25-53-37(51)45-30-20-14-12-10-11-13-17-26-23-39(26,36(50)52-8-3)46-33(48)31-22-27(24-47(31)35(30)49)54-34-32(40(41,42)7-2)43-28-18-15-16-19-29(28)44-34/h6-7,13,15-19,26-27,30-31H,1-2,8-12,14,20-25H2,3-5H3,(H,45,51)(H,46,48)/b17-13-/t26-,27-,30+,31+,39-/m1/s1. The molecule has 0 radical (unpaired) electrons. The fraction of sp³-hybridized carbons (Fsp3) is 0.550. The molecule has 3 aliphatic rings. The molecule has 5 atom stereocenters. The van der Waals surface area contributed by atoms with Crippen LogP contribution in [-0.4, -0.2) is 82.2 Å². The lowest BCUT2D eigenvalue weighted by molar-refractivity contribution is -0.150. The number of alkyl halides is 2. The molecule has 1 saturated heterocycles. The Morgan fingerprint density at radius 1 is 1.11 bits per heavy atom. The Bertz CT molecular complexity index is 1770. The van der Waals surface area contributed by atoms with E-state index in [2.05, 4.69) is 33.8 Å². The maximum absolute atomic E-state index is 15.2. The zero-order valence-electron chi connectivity index (χ0n) is 31.3. The first kappa shape index (κ1) is 40.3. The number of rotatable bonds is 12. The molecule has 2 aliphatic heterocycles. The Kier molecular flexibility index (Phi) is 12.7. The average Bonchev–Trinajstić information content (AvgIpc) is 3.68. The van der Waals surface area contributed by atoms with Gasteiger partial charge in [0.1, 0.15) is 23.7 Å². The largest absolute Gasteiger partial charge is 0.471 e. The van der Waals surface area contributed by atoms with Crippen molar-refractivity contribution in [3.63, 3.8) is 0 Å². The number of nitrogens with zero attached hydrogens (tertiary/aromatic N) is 3. The first-order valence-electron chi connectivity index (χ1n) is 18.7. The molecule has 2 aromatic rings. The van der Waals surface area contributed by atoms with E-state index in [9.17, 15) is 19.2 Å². The van der Waals surface area contributed by atoms with E-state index in [-0.39, 0.29) is 49.4 Å². The minimum Gasteiger partial charge on any atom is -0.471 e. The van der Waals surface area contributed by atoms with Crippen molar-refractivity contribution in [3.05, 3.63) is 67.4 Å². The first-order chi connectivity index (χ1) is 25.7. The SMILES string of the molecule is C=CCCC(C)(C)COC(=O)N[C@H]1CCCCC/C=C\[C@@H]2C[C@@]2(C(=O)OCC)NC(=O)[C@@H]2C[C@@H](Oc3nc4ccccc4nc3C(F)(F)C=C)CN2C1=O. The minimum atomic E-state index is -3.61. The van der Waals surface area contributed by atoms with Crippen LogP contribution in [0.25, 0.3) is 11.0 Å². The van der Waals surface area contributed by atoms with Gasteiger partial charge in [0, 0.05) is 12.3 Å². The fourth-order valence-corrected chi connectivity index (χ4v) is 6.94. The number of amides is 3. The molecule has 2 N–H and O–H groups in total. The quantitative estimate of drug-likeness (QED) is 0.188. The lowest BCUT2D eigenvalue weighted by atomic mass is 9.89. The van der Waals surface area contributed by atoms with E-state index in [1.165, 1.54) is 4.90 Å². The number of alkyl carbamates (subject to hydrolysis) is 1. The molecule has 2 fully saturated rings. The molecule has 1 saturated carbocycles. The predicted molar refractivity (Wildman–Crippen MR) is 197 cm³/mol. The molecule has 0 spiro atoms. The summed E-state index contributed by atoms with van der Waals surface area (Å²) in [5, 5.41) is 5.61. The summed E-state index contributed by atoms with van der Waals surface area (Å²) in [6, 6.07) is 4.21. The number of allylic oxidation sites excluding steroid dienone is 3. The molecule has 1 aromatic heterocycles. The molecule has 54 heavy (non-hydrogen) atoms. The topological polar surface area (TPSA) is 149 Å². The Balaban J connectivity index is 1.46. The summed E-state index contributed by atoms with van der Waals surface area (Å²) in [5.41, 5.74) is -1.89. The number of hydrogen-bond donors (Lipinski definition) is 2. The number of esters is 1. The molecule has 1 aliphatic carbocycles. The normalized spacial score (nSPS) is 25.5. The first-order valence-corrected chi connectivity index (χ1v) is 18.7. The molecule has 3 amide bonds. The average molecular weight is 752 g/mol. The van der Waals surface area contributed by atoms with Crippen LogP contribution in [0.3, 0.4) is 0 Å². The summed E-state index contributed by atoms with van der Waals surface area (Å²) >= 11 is 0. The number of aromatic nitrogens is 2. The molecule has 14 heteroatoms. The van der Waals surface area contributed by atoms with Crippen LogP contribution < -0.4 is 15.4 Å². The van der Waals surface area contributed by atoms with Crippen LogP contribution in [0.15, 0.2) is 61.7 Å². The highest BCUT2D eigenvalue weighted by Crippen LogP contribution is 2.46. The van der Waals surface area contributed by atoms with Crippen LogP contribution in [0.2, 0.25) is 0 Å². The van der Waals surface area contributed by atoms with E-state index >= 15 is 8.78 Å². The van der Waals surface area contributed by atoms with Gasteiger partial charge in [0.15, 0.2) is 5.69 Å². The van der Waals surface area contributed by atoms with Gasteiger partial charge >= 0.3 is 18.0 Å². The Morgan fingerprint density at radius 2 is 1.85 bits per heavy atom. The van der Waals surface area contributed by atoms with Gasteiger partial charge in [-0.25, -0.2) is 19.6 Å². The highest BCUT2D eigenvalue weighted by Gasteiger charge is 2.62. The second kappa shape index (κ2) is 17.1. The zero-order chi connectivity index (χ0) is 39.1. The van der Waals surface area contributed by atoms with Gasteiger partial charge in [-0.1, -0.05) is 63.6 Å². The number of fused-ring (bicyclic) bond motifs is 3. The number of benzene rings is 1. The van der Waals surface area contributed by atoms with E-state index in [1.54, 1.807) is 37.3 Å². The monoisotopic (exact) mass is 751 g/mol. The second-order valence-electron chi connectivity index (χ2n) is 15.0. The molecule has 12 nitrogen and oxygen atoms in total. The maximum atomic E-state index is 15.2. The fourth-order valence-electron chi connectivity index (χ4n) is 6.94. The second-order valence-corrected chi connectivity index (χ2v) is 15.0. The number of nitrogens with one attached hydrogen (secondary N) is 2. The number of ether oxygens (including phenoxy) is 3. The Labute approximate surface area is 314 Å². The van der Waals surface area contributed by atoms with Gasteiger partial charge < -0.3 is 29.7 Å². The molecule has 1 aromatic carbocycles. The van der Waals surface area contributed by atoms with Crippen LogP contribution in [0, 0.1) is 11.3 Å². The molecule has 292 valence electrons. The van der Waals surface area contributed by atoms with Gasteiger partial charge in [0.25, 0.3) is 0 Å². The van der Waals surface area contributed by atoms with Crippen LogP contribution in [-0.2, 0) is 29.8 Å². The summed E-state index contributed by atoms with van der Waals surface area (Å²) in [4.78, 5) is 64.9. The highest BCUT2D eigenvalue weighted by atomic mass is 19.3. The third-order valence-corrected chi connectivity index (χ3v) is 10.2. The van der Waals surface area contributed by atoms with Crippen LogP contribution in [0.1, 0.15) is 84.3 Å². The summed E-state index contributed by atoms with van der Waals surface area (Å²) in [6.45, 7) is 12.6. The van der Waals surface area contributed by atoms with Crippen LogP contribution in [0.4, 0.5) is 13.6 Å². The van der Waals surface area contributed by atoms with Gasteiger partial charge in [0.2, 0.25) is 17.7 Å². The van der Waals surface area contributed by atoms with Crippen molar-refractivity contribution in [1.29, 1.82) is 0 Å². The van der Waals surface area contributed by atoms with Crippen LogP contribution >= 0.6 is 0 Å². The maximum Gasteiger partial charge on any atom is 0.407 e. The Morgan fingerprint density at radius 3 is 2.56 bits per heavy atom. The van der Waals surface area contributed by atoms with E-state index < -0.39 is 65.1 Å². The predicted octanol–water partition coefficient (Wildman–Crippen LogP) is 6.30. The lowest BCUT2D eigenvalue weighted by Gasteiger charge is -2.30. The number of para-hydroxylation sites is 2. The van der Waals surface area contributed by atoms with Gasteiger partial charge in [0.05, 0.1) is 30.8 Å². The summed E-state index contributed by atoms with van der Waals surface area (Å²) in [5.74, 6) is -6.18. The van der Waals surface area contributed by atoms with E-state index in [1.807, 2.05) is 26.0 Å². The minimum absolute atomic E-state index is 0.103. The third-order valence-electron chi connectivity index (χ3n) is 10.2. The lowest BCUT2D eigenvalue weighted by Crippen LogP contribution is -2.56. The molecule has 0 unspecified atom stereocenters. The Hall–Kier alpha value is -4.88. The van der Waals surface area contributed by atoms with Crippen molar-refractivity contribution >= 4 is 34.9 Å². The number of carbonyl (C=O) groups is 4. The zero-order valence-corrected chi connectivity index (χ0v) is 31.3. The smallest absolute Gasteiger partial charge is 0.407 e. The van der Waals surface area contributed by atoms with Crippen molar-refractivity contribution in [2.75, 3.05) is 19.8 Å². The molecule has 5 rings (SSSR count). The molecular weight excluding hydrogens is 700 g/mol. The molecule has 0 bridgehead atoms. The van der Waals surface area contributed by atoms with Gasteiger partial charge in [-0.15, -0.1) is 6.58 Å². The molecule has 3 heterocycles. The van der Waals surface area contributed by atoms with E-state index in [0.29, 0.717) is 24.4 Å². The van der Waals surface area contributed by atoms with Gasteiger partial charge in [-0.05, 0) is 69.1 Å². The van der Waals surface area contributed by atoms with E-state index in [0.717, 1.165) is 32.1 Å². The number of hydrogen-bond acceptors (Lipinski definition) is 9. The summed E-state index contributed by atoms with van der Waals surface area (Å²) < 4.78 is 47.5. The van der Waals surface area contributed by atoms with Crippen molar-refractivity contribution in [2.24, 2.45) is 11.3 Å². The van der Waals surface area contributed by atoms with Crippen LogP contribution in [0.5, 0.6) is 5.88 Å².